The van der Waals surface area contributed by atoms with Crippen molar-refractivity contribution in [2.75, 3.05) is 26.2 Å². The van der Waals surface area contributed by atoms with Crippen molar-refractivity contribution in [1.82, 2.24) is 15.1 Å². The predicted molar refractivity (Wildman–Crippen MR) is 96.1 cm³/mol. The van der Waals surface area contributed by atoms with Crippen molar-refractivity contribution in [1.29, 1.82) is 0 Å². The average molecular weight is 341 g/mol. The van der Waals surface area contributed by atoms with Gasteiger partial charge in [0, 0.05) is 32.1 Å². The minimum absolute atomic E-state index is 0.00859. The third kappa shape index (κ3) is 3.37. The summed E-state index contributed by atoms with van der Waals surface area (Å²) in [5.41, 5.74) is 2.60. The monoisotopic (exact) mass is 341 g/mol. The fourth-order valence-electron chi connectivity index (χ4n) is 4.17. The van der Waals surface area contributed by atoms with Gasteiger partial charge < -0.3 is 15.1 Å². The molecule has 1 aromatic rings. The Hall–Kier alpha value is -2.04. The first kappa shape index (κ1) is 16.4. The van der Waals surface area contributed by atoms with E-state index < -0.39 is 0 Å². The van der Waals surface area contributed by atoms with E-state index in [1.54, 1.807) is 0 Å². The topological polar surface area (TPSA) is 52.7 Å². The number of nitrogens with zero attached hydrogens (tertiary/aromatic N) is 2. The van der Waals surface area contributed by atoms with Crippen molar-refractivity contribution >= 4 is 11.9 Å². The van der Waals surface area contributed by atoms with Gasteiger partial charge in [-0.05, 0) is 42.7 Å². The Kier molecular flexibility index (Phi) is 4.40. The summed E-state index contributed by atoms with van der Waals surface area (Å²) in [6, 6.07) is 8.50. The molecule has 0 radical (unpaired) electrons. The van der Waals surface area contributed by atoms with Crippen LogP contribution in [-0.4, -0.2) is 47.9 Å². The number of urea groups is 1. The van der Waals surface area contributed by atoms with Crippen molar-refractivity contribution in [2.24, 2.45) is 11.8 Å². The molecule has 5 nitrogen and oxygen atoms in total. The Labute approximate surface area is 149 Å². The van der Waals surface area contributed by atoms with Crippen LogP contribution in [-0.2, 0) is 11.2 Å². The summed E-state index contributed by atoms with van der Waals surface area (Å²) in [4.78, 5) is 28.9. The molecule has 1 saturated heterocycles. The summed E-state index contributed by atoms with van der Waals surface area (Å²) >= 11 is 0. The van der Waals surface area contributed by atoms with E-state index in [0.29, 0.717) is 24.9 Å². The second-order valence-electron chi connectivity index (χ2n) is 7.75. The lowest BCUT2D eigenvalue weighted by Crippen LogP contribution is -2.44. The fourth-order valence-corrected chi connectivity index (χ4v) is 4.17. The molecule has 134 valence electrons. The lowest BCUT2D eigenvalue weighted by atomic mass is 10.0. The zero-order valence-corrected chi connectivity index (χ0v) is 14.9. The molecule has 2 atom stereocenters. The molecule has 5 heteroatoms. The molecule has 0 bridgehead atoms. The van der Waals surface area contributed by atoms with Crippen molar-refractivity contribution < 1.29 is 9.59 Å². The van der Waals surface area contributed by atoms with Crippen LogP contribution in [0.4, 0.5) is 4.79 Å². The number of benzene rings is 1. The van der Waals surface area contributed by atoms with Crippen molar-refractivity contribution in [3.63, 3.8) is 0 Å². The van der Waals surface area contributed by atoms with Crippen molar-refractivity contribution in [3.05, 3.63) is 35.4 Å². The van der Waals surface area contributed by atoms with Gasteiger partial charge in [-0.15, -0.1) is 0 Å². The molecule has 4 rings (SSSR count). The standard InChI is InChI=1S/C20H27N3O2/c1-14-13-16-5-2-3-6-17(16)18(14)21-20(25)23-10-4-9-22(11-12-23)19(24)15-7-8-15/h2-3,5-6,14-15,18H,4,7-13H2,1H3,(H,21,25)/t14-,18-/m1/s1. The number of carbonyl (C=O) groups excluding carboxylic acids is 2. The third-order valence-corrected chi connectivity index (χ3v) is 5.80. The highest BCUT2D eigenvalue weighted by atomic mass is 16.2. The molecule has 1 aliphatic heterocycles. The number of hydrogen-bond acceptors (Lipinski definition) is 2. The second-order valence-corrected chi connectivity index (χ2v) is 7.75. The van der Waals surface area contributed by atoms with Gasteiger partial charge in [-0.1, -0.05) is 31.2 Å². The van der Waals surface area contributed by atoms with Gasteiger partial charge in [0.25, 0.3) is 0 Å². The van der Waals surface area contributed by atoms with Crippen LogP contribution in [0.2, 0.25) is 0 Å². The van der Waals surface area contributed by atoms with Gasteiger partial charge in [0.2, 0.25) is 5.91 Å². The fraction of sp³-hybridized carbons (Fsp3) is 0.600. The highest BCUT2D eigenvalue weighted by Gasteiger charge is 2.35. The van der Waals surface area contributed by atoms with Crippen molar-refractivity contribution in [3.8, 4) is 0 Å². The Balaban J connectivity index is 1.37. The molecule has 1 N–H and O–H groups in total. The maximum atomic E-state index is 12.8. The van der Waals surface area contributed by atoms with E-state index in [-0.39, 0.29) is 18.0 Å². The molecule has 1 heterocycles. The van der Waals surface area contributed by atoms with E-state index in [9.17, 15) is 9.59 Å². The quantitative estimate of drug-likeness (QED) is 0.899. The van der Waals surface area contributed by atoms with Crippen LogP contribution in [0.3, 0.4) is 0 Å². The number of fused-ring (bicyclic) bond motifs is 1. The first-order valence-electron chi connectivity index (χ1n) is 9.55. The number of rotatable bonds is 2. The lowest BCUT2D eigenvalue weighted by molar-refractivity contribution is -0.132. The Morgan fingerprint density at radius 3 is 2.56 bits per heavy atom. The van der Waals surface area contributed by atoms with Gasteiger partial charge in [0.15, 0.2) is 0 Å². The lowest BCUT2D eigenvalue weighted by Gasteiger charge is -2.26. The normalized spacial score (nSPS) is 26.1. The first-order chi connectivity index (χ1) is 12.1. The maximum absolute atomic E-state index is 12.8. The highest BCUT2D eigenvalue weighted by molar-refractivity contribution is 5.81. The van der Waals surface area contributed by atoms with E-state index in [0.717, 1.165) is 38.8 Å². The zero-order valence-electron chi connectivity index (χ0n) is 14.9. The maximum Gasteiger partial charge on any atom is 0.317 e. The number of hydrogen-bond donors (Lipinski definition) is 1. The van der Waals surface area contributed by atoms with Crippen LogP contribution in [0.25, 0.3) is 0 Å². The van der Waals surface area contributed by atoms with Gasteiger partial charge in [0.05, 0.1) is 6.04 Å². The molecule has 2 aliphatic carbocycles. The summed E-state index contributed by atoms with van der Waals surface area (Å²) in [5, 5.41) is 3.25. The average Bonchev–Trinajstić information content (AvgIpc) is 3.43. The molecular weight excluding hydrogens is 314 g/mol. The zero-order chi connectivity index (χ0) is 17.4. The minimum Gasteiger partial charge on any atom is -0.341 e. The SMILES string of the molecule is C[C@@H]1Cc2ccccc2[C@@H]1NC(=O)N1CCCN(C(=O)C2CC2)CC1. The molecular formula is C20H27N3O2. The van der Waals surface area contributed by atoms with E-state index in [2.05, 4.69) is 30.4 Å². The van der Waals surface area contributed by atoms with Crippen LogP contribution >= 0.6 is 0 Å². The van der Waals surface area contributed by atoms with Gasteiger partial charge in [-0.3, -0.25) is 4.79 Å². The molecule has 1 aromatic carbocycles. The summed E-state index contributed by atoms with van der Waals surface area (Å²) in [6.07, 6.45) is 3.96. The molecule has 1 saturated carbocycles. The largest absolute Gasteiger partial charge is 0.341 e. The number of nitrogens with one attached hydrogen (secondary N) is 1. The van der Waals surface area contributed by atoms with E-state index >= 15 is 0 Å². The molecule has 0 spiro atoms. The summed E-state index contributed by atoms with van der Waals surface area (Å²) in [5.74, 6) is 0.970. The van der Waals surface area contributed by atoms with E-state index in [4.69, 9.17) is 0 Å². The molecule has 2 fully saturated rings. The smallest absolute Gasteiger partial charge is 0.317 e. The second kappa shape index (κ2) is 6.70. The van der Waals surface area contributed by atoms with Crippen LogP contribution in [0.15, 0.2) is 24.3 Å². The van der Waals surface area contributed by atoms with Gasteiger partial charge in [-0.2, -0.15) is 0 Å². The van der Waals surface area contributed by atoms with E-state index in [1.165, 1.54) is 11.1 Å². The first-order valence-corrected chi connectivity index (χ1v) is 9.55. The van der Waals surface area contributed by atoms with Crippen LogP contribution < -0.4 is 5.32 Å². The molecule has 0 unspecified atom stereocenters. The predicted octanol–water partition coefficient (Wildman–Crippen LogP) is 2.57. The molecule has 25 heavy (non-hydrogen) atoms. The molecule has 0 aromatic heterocycles. The van der Waals surface area contributed by atoms with Gasteiger partial charge in [0.1, 0.15) is 0 Å². The van der Waals surface area contributed by atoms with Crippen LogP contribution in [0.5, 0.6) is 0 Å². The summed E-state index contributed by atoms with van der Waals surface area (Å²) in [7, 11) is 0. The summed E-state index contributed by atoms with van der Waals surface area (Å²) in [6.45, 7) is 5.00. The third-order valence-electron chi connectivity index (χ3n) is 5.80. The van der Waals surface area contributed by atoms with Gasteiger partial charge >= 0.3 is 6.03 Å². The highest BCUT2D eigenvalue weighted by Crippen LogP contribution is 2.35. The summed E-state index contributed by atoms with van der Waals surface area (Å²) < 4.78 is 0. The minimum atomic E-state index is 0.00859. The Bertz CT molecular complexity index is 671. The Morgan fingerprint density at radius 2 is 1.76 bits per heavy atom. The number of amides is 3. The Morgan fingerprint density at radius 1 is 1.04 bits per heavy atom. The molecule has 3 amide bonds. The van der Waals surface area contributed by atoms with E-state index in [1.807, 2.05) is 15.9 Å². The van der Waals surface area contributed by atoms with Gasteiger partial charge in [-0.25, -0.2) is 4.79 Å². The van der Waals surface area contributed by atoms with Crippen LogP contribution in [0, 0.1) is 11.8 Å². The molecule has 3 aliphatic rings. The van der Waals surface area contributed by atoms with Crippen molar-refractivity contribution in [2.45, 2.75) is 38.6 Å². The van der Waals surface area contributed by atoms with Crippen LogP contribution in [0.1, 0.15) is 43.4 Å². The number of carbonyl (C=O) groups is 2.